The SMILES string of the molecule is CCCCOc1ccc2nc(C)cc(Nc3ccc(Cl)c(Cl)c3)c2c1. The molecule has 3 rings (SSSR count). The molecule has 1 heterocycles. The lowest BCUT2D eigenvalue weighted by Gasteiger charge is -2.13. The molecule has 1 N–H and O–H groups in total. The van der Waals surface area contributed by atoms with Crippen molar-refractivity contribution in [1.29, 1.82) is 0 Å². The van der Waals surface area contributed by atoms with Gasteiger partial charge in [-0.15, -0.1) is 0 Å². The molecule has 0 aliphatic carbocycles. The molecule has 0 amide bonds. The van der Waals surface area contributed by atoms with E-state index in [4.69, 9.17) is 27.9 Å². The molecule has 0 saturated carbocycles. The molecule has 5 heteroatoms. The Balaban J connectivity index is 1.96. The first-order valence-corrected chi connectivity index (χ1v) is 9.08. The van der Waals surface area contributed by atoms with Gasteiger partial charge in [-0.25, -0.2) is 0 Å². The smallest absolute Gasteiger partial charge is 0.120 e. The number of unbranched alkanes of at least 4 members (excludes halogenated alkanes) is 1. The molecule has 130 valence electrons. The summed E-state index contributed by atoms with van der Waals surface area (Å²) in [6.07, 6.45) is 2.15. The van der Waals surface area contributed by atoms with Gasteiger partial charge < -0.3 is 10.1 Å². The van der Waals surface area contributed by atoms with Gasteiger partial charge in [0.05, 0.1) is 22.2 Å². The Morgan fingerprint density at radius 3 is 2.64 bits per heavy atom. The number of halogens is 2. The lowest BCUT2D eigenvalue weighted by Crippen LogP contribution is -1.98. The minimum atomic E-state index is 0.519. The van der Waals surface area contributed by atoms with Gasteiger partial charge in [-0.05, 0) is 55.8 Å². The first-order chi connectivity index (χ1) is 12.1. The van der Waals surface area contributed by atoms with Crippen molar-refractivity contribution in [3.8, 4) is 5.75 Å². The predicted molar refractivity (Wildman–Crippen MR) is 107 cm³/mol. The van der Waals surface area contributed by atoms with E-state index in [0.717, 1.165) is 53.2 Å². The Kier molecular flexibility index (Phi) is 5.67. The van der Waals surface area contributed by atoms with E-state index in [1.165, 1.54) is 0 Å². The number of aryl methyl sites for hydroxylation is 1. The normalized spacial score (nSPS) is 10.9. The number of benzene rings is 2. The number of ether oxygens (including phenoxy) is 1. The molecule has 0 radical (unpaired) electrons. The average molecular weight is 375 g/mol. The first-order valence-electron chi connectivity index (χ1n) is 8.33. The highest BCUT2D eigenvalue weighted by atomic mass is 35.5. The van der Waals surface area contributed by atoms with Crippen LogP contribution in [0, 0.1) is 6.92 Å². The summed E-state index contributed by atoms with van der Waals surface area (Å²) in [5, 5.41) is 5.47. The lowest BCUT2D eigenvalue weighted by molar-refractivity contribution is 0.310. The van der Waals surface area contributed by atoms with Gasteiger partial charge in [0, 0.05) is 22.5 Å². The van der Waals surface area contributed by atoms with Gasteiger partial charge in [0.25, 0.3) is 0 Å². The summed E-state index contributed by atoms with van der Waals surface area (Å²) >= 11 is 12.1. The van der Waals surface area contributed by atoms with Crippen LogP contribution in [0.25, 0.3) is 10.9 Å². The molecule has 1 aromatic heterocycles. The minimum absolute atomic E-state index is 0.519. The number of hydrogen-bond acceptors (Lipinski definition) is 3. The van der Waals surface area contributed by atoms with Crippen LogP contribution < -0.4 is 10.1 Å². The van der Waals surface area contributed by atoms with E-state index in [1.54, 1.807) is 6.07 Å². The van der Waals surface area contributed by atoms with Gasteiger partial charge in [-0.2, -0.15) is 0 Å². The van der Waals surface area contributed by atoms with E-state index in [9.17, 15) is 0 Å². The third-order valence-corrected chi connectivity index (χ3v) is 4.61. The van der Waals surface area contributed by atoms with Crippen molar-refractivity contribution in [1.82, 2.24) is 4.98 Å². The van der Waals surface area contributed by atoms with Crippen molar-refractivity contribution in [3.05, 3.63) is 58.2 Å². The van der Waals surface area contributed by atoms with Gasteiger partial charge in [0.2, 0.25) is 0 Å². The fourth-order valence-corrected chi connectivity index (χ4v) is 2.89. The molecule has 25 heavy (non-hydrogen) atoms. The van der Waals surface area contributed by atoms with E-state index >= 15 is 0 Å². The third kappa shape index (κ3) is 4.36. The molecule has 0 unspecified atom stereocenters. The summed E-state index contributed by atoms with van der Waals surface area (Å²) in [6.45, 7) is 4.84. The van der Waals surface area contributed by atoms with Gasteiger partial charge in [0.1, 0.15) is 5.75 Å². The largest absolute Gasteiger partial charge is 0.494 e. The highest BCUT2D eigenvalue weighted by Gasteiger charge is 2.08. The zero-order chi connectivity index (χ0) is 17.8. The Morgan fingerprint density at radius 2 is 1.88 bits per heavy atom. The number of anilines is 2. The van der Waals surface area contributed by atoms with E-state index in [0.29, 0.717) is 10.0 Å². The maximum absolute atomic E-state index is 6.12. The molecule has 3 nitrogen and oxygen atoms in total. The molecule has 0 atom stereocenters. The number of fused-ring (bicyclic) bond motifs is 1. The second kappa shape index (κ2) is 7.94. The Hall–Kier alpha value is -1.97. The van der Waals surface area contributed by atoms with Gasteiger partial charge in [-0.3, -0.25) is 4.98 Å². The minimum Gasteiger partial charge on any atom is -0.494 e. The second-order valence-electron chi connectivity index (χ2n) is 5.95. The van der Waals surface area contributed by atoms with Crippen LogP contribution in [0.1, 0.15) is 25.5 Å². The molecule has 0 saturated heterocycles. The topological polar surface area (TPSA) is 34.1 Å². The van der Waals surface area contributed by atoms with Gasteiger partial charge >= 0.3 is 0 Å². The molecular formula is C20H20Cl2N2O. The quantitative estimate of drug-likeness (QED) is 0.483. The molecule has 2 aromatic carbocycles. The van der Waals surface area contributed by atoms with Crippen LogP contribution in [0.3, 0.4) is 0 Å². The molecule has 0 spiro atoms. The summed E-state index contributed by atoms with van der Waals surface area (Å²) in [7, 11) is 0. The van der Waals surface area contributed by atoms with Crippen LogP contribution in [-0.4, -0.2) is 11.6 Å². The molecule has 3 aromatic rings. The number of pyridine rings is 1. The van der Waals surface area contributed by atoms with Crippen molar-refractivity contribution in [2.75, 3.05) is 11.9 Å². The van der Waals surface area contributed by atoms with Crippen LogP contribution in [0.2, 0.25) is 10.0 Å². The molecule has 0 fully saturated rings. The average Bonchev–Trinajstić information content (AvgIpc) is 2.59. The zero-order valence-electron chi connectivity index (χ0n) is 14.3. The summed E-state index contributed by atoms with van der Waals surface area (Å²) in [5.74, 6) is 0.851. The van der Waals surface area contributed by atoms with E-state index in [-0.39, 0.29) is 0 Å². The van der Waals surface area contributed by atoms with Crippen LogP contribution in [0.5, 0.6) is 5.75 Å². The van der Waals surface area contributed by atoms with Crippen LogP contribution in [-0.2, 0) is 0 Å². The first kappa shape index (κ1) is 17.8. The van der Waals surface area contributed by atoms with Crippen molar-refractivity contribution in [2.45, 2.75) is 26.7 Å². The maximum Gasteiger partial charge on any atom is 0.120 e. The van der Waals surface area contributed by atoms with Crippen molar-refractivity contribution >= 4 is 45.5 Å². The molecular weight excluding hydrogens is 355 g/mol. The number of hydrogen-bond donors (Lipinski definition) is 1. The lowest BCUT2D eigenvalue weighted by atomic mass is 10.1. The fourth-order valence-electron chi connectivity index (χ4n) is 2.59. The fraction of sp³-hybridized carbons (Fsp3) is 0.250. The highest BCUT2D eigenvalue weighted by Crippen LogP contribution is 2.32. The summed E-state index contributed by atoms with van der Waals surface area (Å²) in [5.41, 5.74) is 3.69. The third-order valence-electron chi connectivity index (χ3n) is 3.87. The van der Waals surface area contributed by atoms with Crippen molar-refractivity contribution < 1.29 is 4.74 Å². The molecule has 0 aliphatic heterocycles. The van der Waals surface area contributed by atoms with Crippen LogP contribution >= 0.6 is 23.2 Å². The van der Waals surface area contributed by atoms with Crippen LogP contribution in [0.15, 0.2) is 42.5 Å². The van der Waals surface area contributed by atoms with Crippen molar-refractivity contribution in [2.24, 2.45) is 0 Å². The number of nitrogens with one attached hydrogen (secondary N) is 1. The van der Waals surface area contributed by atoms with E-state index in [1.807, 2.05) is 43.3 Å². The standard InChI is InChI=1S/C20H20Cl2N2O/c1-3-4-9-25-15-6-8-19-16(12-15)20(10-13(2)23-19)24-14-5-7-17(21)18(22)11-14/h5-8,10-12H,3-4,9H2,1-2H3,(H,23,24). The van der Waals surface area contributed by atoms with Gasteiger partial charge in [-0.1, -0.05) is 36.5 Å². The Morgan fingerprint density at radius 1 is 1.04 bits per heavy atom. The second-order valence-corrected chi connectivity index (χ2v) is 6.76. The molecule has 0 bridgehead atoms. The maximum atomic E-state index is 6.12. The zero-order valence-corrected chi connectivity index (χ0v) is 15.8. The van der Waals surface area contributed by atoms with E-state index < -0.39 is 0 Å². The summed E-state index contributed by atoms with van der Waals surface area (Å²) in [6, 6.07) is 13.5. The van der Waals surface area contributed by atoms with Gasteiger partial charge in [0.15, 0.2) is 0 Å². The van der Waals surface area contributed by atoms with Crippen molar-refractivity contribution in [3.63, 3.8) is 0 Å². The molecule has 0 aliphatic rings. The highest BCUT2D eigenvalue weighted by molar-refractivity contribution is 6.42. The Bertz CT molecular complexity index is 896. The summed E-state index contributed by atoms with van der Waals surface area (Å²) < 4.78 is 5.83. The monoisotopic (exact) mass is 374 g/mol. The summed E-state index contributed by atoms with van der Waals surface area (Å²) in [4.78, 5) is 4.60. The van der Waals surface area contributed by atoms with Crippen LogP contribution in [0.4, 0.5) is 11.4 Å². The number of aromatic nitrogens is 1. The predicted octanol–water partition coefficient (Wildman–Crippen LogP) is 6.77. The number of nitrogens with zero attached hydrogens (tertiary/aromatic N) is 1. The van der Waals surface area contributed by atoms with E-state index in [2.05, 4.69) is 17.2 Å². The Labute approximate surface area is 157 Å². The number of rotatable bonds is 6.